The van der Waals surface area contributed by atoms with Gasteiger partial charge >= 0.3 is 11.9 Å². The Hall–Kier alpha value is -5.42. The third-order valence-corrected chi connectivity index (χ3v) is 14.0. The Balaban J connectivity index is 1.04. The highest BCUT2D eigenvalue weighted by Crippen LogP contribution is 2.45. The molecule has 0 amide bonds. The maximum absolute atomic E-state index is 12.9. The lowest BCUT2D eigenvalue weighted by Crippen LogP contribution is -2.52. The van der Waals surface area contributed by atoms with Crippen LogP contribution in [0.15, 0.2) is 54.6 Å². The molecule has 15 heteroatoms. The van der Waals surface area contributed by atoms with Crippen LogP contribution in [-0.4, -0.2) is 130 Å². The van der Waals surface area contributed by atoms with E-state index in [1.165, 1.54) is 5.56 Å². The quantitative estimate of drug-likeness (QED) is 0.0421. The zero-order valence-corrected chi connectivity index (χ0v) is 40.2. The molecule has 0 bridgehead atoms. The molecule has 67 heavy (non-hydrogen) atoms. The molecule has 0 spiro atoms. The summed E-state index contributed by atoms with van der Waals surface area (Å²) < 4.78 is 40.6. The maximum Gasteiger partial charge on any atom is 0.306 e. The van der Waals surface area contributed by atoms with Crippen LogP contribution in [0.1, 0.15) is 93.4 Å². The highest BCUT2D eigenvalue weighted by molar-refractivity contribution is 5.77. The van der Waals surface area contributed by atoms with Gasteiger partial charge in [0.25, 0.3) is 0 Å². The fourth-order valence-electron chi connectivity index (χ4n) is 10.3. The lowest BCUT2D eigenvalue weighted by atomic mass is 9.83. The summed E-state index contributed by atoms with van der Waals surface area (Å²) >= 11 is 0. The first-order valence-corrected chi connectivity index (χ1v) is 23.1. The number of benzene rings is 4. The SMILES string of the molecule is COc1ccc(C2c3cc(CO)c(CO)cc3CC[N+]2(C)CCCOC(=O)CCC(=O)OCCC[N+]2(C)CCc3cc(OC)c(OC)cc3C2Cc2cc(CO)c(OC)c(OC)c2)cc1CO. The van der Waals surface area contributed by atoms with Gasteiger partial charge in [0.05, 0.1) is 128 Å². The van der Waals surface area contributed by atoms with E-state index in [1.54, 1.807) is 35.5 Å². The van der Waals surface area contributed by atoms with E-state index in [4.69, 9.17) is 33.2 Å². The first-order valence-electron chi connectivity index (χ1n) is 23.1. The first kappa shape index (κ1) is 51.0. The van der Waals surface area contributed by atoms with Crippen LogP contribution in [0.4, 0.5) is 0 Å². The number of hydrogen-bond acceptors (Lipinski definition) is 13. The number of carbonyl (C=O) groups is 2. The van der Waals surface area contributed by atoms with Crippen molar-refractivity contribution in [1.82, 2.24) is 0 Å². The van der Waals surface area contributed by atoms with Gasteiger partial charge < -0.3 is 62.6 Å². The molecule has 4 aromatic carbocycles. The summed E-state index contributed by atoms with van der Waals surface area (Å²) in [7, 11) is 12.4. The number of hydrogen-bond donors (Lipinski definition) is 4. The molecule has 6 rings (SSSR count). The molecule has 0 saturated carbocycles. The molecule has 4 atom stereocenters. The van der Waals surface area contributed by atoms with Gasteiger partial charge in [-0.1, -0.05) is 6.07 Å². The van der Waals surface area contributed by atoms with Crippen LogP contribution < -0.4 is 23.7 Å². The van der Waals surface area contributed by atoms with Gasteiger partial charge in [0.1, 0.15) is 17.8 Å². The number of likely N-dealkylation sites (N-methyl/N-ethyl adjacent to an activating group) is 2. The van der Waals surface area contributed by atoms with Gasteiger partial charge in [0, 0.05) is 59.9 Å². The van der Waals surface area contributed by atoms with Gasteiger partial charge in [-0.05, 0) is 76.3 Å². The van der Waals surface area contributed by atoms with Crippen molar-refractivity contribution in [3.05, 3.63) is 110 Å². The van der Waals surface area contributed by atoms with E-state index in [2.05, 4.69) is 26.2 Å². The fourth-order valence-corrected chi connectivity index (χ4v) is 10.3. The minimum atomic E-state index is -0.466. The Labute approximate surface area is 394 Å². The summed E-state index contributed by atoms with van der Waals surface area (Å²) in [5.41, 5.74) is 9.11. The molecule has 0 aliphatic carbocycles. The molecule has 0 aromatic heterocycles. The summed E-state index contributed by atoms with van der Waals surface area (Å²) in [6.45, 7) is 2.62. The Morgan fingerprint density at radius 2 is 1.12 bits per heavy atom. The van der Waals surface area contributed by atoms with Crippen LogP contribution in [0, 0.1) is 0 Å². The van der Waals surface area contributed by atoms with Gasteiger partial charge in [-0.25, -0.2) is 0 Å². The number of fused-ring (bicyclic) bond motifs is 2. The van der Waals surface area contributed by atoms with Crippen LogP contribution in [0.5, 0.6) is 28.7 Å². The van der Waals surface area contributed by atoms with Crippen molar-refractivity contribution in [2.24, 2.45) is 0 Å². The molecule has 2 aliphatic heterocycles. The van der Waals surface area contributed by atoms with Crippen molar-refractivity contribution in [3.63, 3.8) is 0 Å². The normalized spacial score (nSPS) is 19.7. The summed E-state index contributed by atoms with van der Waals surface area (Å²) in [6, 6.07) is 17.7. The Bertz CT molecular complexity index is 2330. The van der Waals surface area contributed by atoms with E-state index in [0.717, 1.165) is 53.7 Å². The van der Waals surface area contributed by atoms with Crippen LogP contribution in [0.3, 0.4) is 0 Å². The summed E-state index contributed by atoms with van der Waals surface area (Å²) in [5.74, 6) is 2.04. The van der Waals surface area contributed by atoms with Gasteiger partial charge in [-0.2, -0.15) is 0 Å². The summed E-state index contributed by atoms with van der Waals surface area (Å²) in [4.78, 5) is 25.8. The molecule has 364 valence electrons. The average Bonchev–Trinajstić information content (AvgIpc) is 3.35. The lowest BCUT2D eigenvalue weighted by Gasteiger charge is -2.46. The Kier molecular flexibility index (Phi) is 17.5. The number of quaternary nitrogens is 2. The number of methoxy groups -OCH3 is 5. The third kappa shape index (κ3) is 11.5. The van der Waals surface area contributed by atoms with Gasteiger partial charge in [0.2, 0.25) is 0 Å². The van der Waals surface area contributed by atoms with Crippen LogP contribution in [0.2, 0.25) is 0 Å². The van der Waals surface area contributed by atoms with Gasteiger partial charge in [0.15, 0.2) is 23.0 Å². The molecule has 4 N–H and O–H groups in total. The summed E-state index contributed by atoms with van der Waals surface area (Å²) in [6.07, 6.45) is 3.20. The molecular weight excluding hydrogens is 861 g/mol. The number of aliphatic hydroxyl groups is 4. The van der Waals surface area contributed by atoms with Gasteiger partial charge in [-0.15, -0.1) is 0 Å². The second-order valence-electron chi connectivity index (χ2n) is 18.0. The molecule has 2 heterocycles. The van der Waals surface area contributed by atoms with Crippen molar-refractivity contribution < 1.29 is 72.1 Å². The number of esters is 2. The van der Waals surface area contributed by atoms with E-state index in [9.17, 15) is 30.0 Å². The second-order valence-corrected chi connectivity index (χ2v) is 18.0. The van der Waals surface area contributed by atoms with Gasteiger partial charge in [-0.3, -0.25) is 9.59 Å². The van der Waals surface area contributed by atoms with E-state index in [0.29, 0.717) is 92.3 Å². The molecule has 0 fully saturated rings. The van der Waals surface area contributed by atoms with Crippen molar-refractivity contribution in [3.8, 4) is 28.7 Å². The molecule has 4 aromatic rings. The molecule has 4 unspecified atom stereocenters. The van der Waals surface area contributed by atoms with Crippen LogP contribution in [-0.2, 0) is 64.8 Å². The van der Waals surface area contributed by atoms with Crippen molar-refractivity contribution >= 4 is 11.9 Å². The van der Waals surface area contributed by atoms with Crippen LogP contribution >= 0.6 is 0 Å². The number of rotatable bonds is 23. The smallest absolute Gasteiger partial charge is 0.306 e. The molecule has 2 aliphatic rings. The Morgan fingerprint density at radius 3 is 1.70 bits per heavy atom. The minimum Gasteiger partial charge on any atom is -0.496 e. The van der Waals surface area contributed by atoms with E-state index >= 15 is 0 Å². The standard InChI is InChI=1S/C52H70N2O13/c1-53(18-14-36-28-46(62-4)47(63-5)29-42(36)44(53)23-34-22-41(33-58)52(65-7)48(24-34)64-6)16-8-20-66-49(59)12-13-50(60)67-21-9-17-54(2)19-15-35-25-38(30-55)39(31-56)27-43(35)51(54)37-10-11-45(61-3)40(26-37)32-57/h10-11,22,24-29,44,51,55-58H,8-9,12-21,23,30-33H2,1-7H3/q+2. The molecule has 0 radical (unpaired) electrons. The number of aliphatic hydroxyl groups excluding tert-OH is 4. The fraction of sp³-hybridized carbons (Fsp3) is 0.500. The highest BCUT2D eigenvalue weighted by Gasteiger charge is 2.42. The summed E-state index contributed by atoms with van der Waals surface area (Å²) in [5, 5.41) is 40.6. The number of nitrogens with zero attached hydrogens (tertiary/aromatic N) is 2. The highest BCUT2D eigenvalue weighted by atomic mass is 16.5. The van der Waals surface area contributed by atoms with Crippen molar-refractivity contribution in [1.29, 1.82) is 0 Å². The topological polar surface area (TPSA) is 180 Å². The predicted octanol–water partition coefficient (Wildman–Crippen LogP) is 5.42. The van der Waals surface area contributed by atoms with E-state index in [1.807, 2.05) is 42.5 Å². The second kappa shape index (κ2) is 23.1. The van der Waals surface area contributed by atoms with Crippen LogP contribution in [0.25, 0.3) is 0 Å². The third-order valence-electron chi connectivity index (χ3n) is 14.0. The van der Waals surface area contributed by atoms with Crippen molar-refractivity contribution in [2.45, 2.75) is 83.5 Å². The maximum atomic E-state index is 12.9. The molecule has 0 saturated heterocycles. The molecule has 15 nitrogen and oxygen atoms in total. The monoisotopic (exact) mass is 930 g/mol. The minimum absolute atomic E-state index is 0.0133. The first-order chi connectivity index (χ1) is 32.3. The molecular formula is C52H70N2O13+2. The number of ether oxygens (including phenoxy) is 7. The lowest BCUT2D eigenvalue weighted by molar-refractivity contribution is -0.941. The zero-order valence-electron chi connectivity index (χ0n) is 40.2. The zero-order chi connectivity index (χ0) is 48.3. The number of carbonyl (C=O) groups excluding carboxylic acids is 2. The predicted molar refractivity (Wildman–Crippen MR) is 250 cm³/mol. The van der Waals surface area contributed by atoms with Crippen molar-refractivity contribution in [2.75, 3.05) is 89.0 Å². The Morgan fingerprint density at radius 1 is 0.567 bits per heavy atom. The average molecular weight is 931 g/mol. The van der Waals surface area contributed by atoms with E-state index in [-0.39, 0.29) is 64.6 Å². The van der Waals surface area contributed by atoms with E-state index < -0.39 is 11.9 Å². The largest absolute Gasteiger partial charge is 0.496 e.